The number of amides is 1. The van der Waals surface area contributed by atoms with E-state index in [9.17, 15) is 4.79 Å². The minimum Gasteiger partial charge on any atom is -0.383 e. The van der Waals surface area contributed by atoms with Crippen molar-refractivity contribution < 1.29 is 9.53 Å². The molecule has 0 aromatic rings. The van der Waals surface area contributed by atoms with Gasteiger partial charge in [-0.05, 0) is 19.4 Å². The molecule has 0 aliphatic carbocycles. The van der Waals surface area contributed by atoms with E-state index in [1.807, 2.05) is 7.05 Å². The standard InChI is InChI=1S/C11H22N2O2/c1-13(8-9-15-2)11(14)10-6-4-3-5-7-12-10/h10,12H,3-9H2,1-2H3. The molecular weight excluding hydrogens is 192 g/mol. The van der Waals surface area contributed by atoms with E-state index in [0.717, 1.165) is 19.4 Å². The van der Waals surface area contributed by atoms with Gasteiger partial charge in [-0.25, -0.2) is 0 Å². The lowest BCUT2D eigenvalue weighted by atomic mass is 10.1. The highest BCUT2D eigenvalue weighted by Gasteiger charge is 2.22. The molecule has 0 radical (unpaired) electrons. The van der Waals surface area contributed by atoms with Gasteiger partial charge in [-0.3, -0.25) is 4.79 Å². The van der Waals surface area contributed by atoms with Crippen LogP contribution in [0.2, 0.25) is 0 Å². The summed E-state index contributed by atoms with van der Waals surface area (Å²) in [6, 6.07) is 0.0226. The number of likely N-dealkylation sites (N-methyl/N-ethyl adjacent to an activating group) is 1. The van der Waals surface area contributed by atoms with Crippen LogP contribution in [0, 0.1) is 0 Å². The van der Waals surface area contributed by atoms with Crippen molar-refractivity contribution in [3.8, 4) is 0 Å². The molecule has 1 N–H and O–H groups in total. The Balaban J connectivity index is 2.35. The Kier molecular flexibility index (Phi) is 5.65. The molecular formula is C11H22N2O2. The van der Waals surface area contributed by atoms with Crippen molar-refractivity contribution in [2.45, 2.75) is 31.7 Å². The molecule has 1 aliphatic heterocycles. The minimum atomic E-state index is 0.0226. The van der Waals surface area contributed by atoms with Crippen molar-refractivity contribution in [3.05, 3.63) is 0 Å². The maximum Gasteiger partial charge on any atom is 0.239 e. The summed E-state index contributed by atoms with van der Waals surface area (Å²) < 4.78 is 4.96. The average Bonchev–Trinajstić information content (AvgIpc) is 2.53. The molecule has 4 nitrogen and oxygen atoms in total. The molecule has 0 aromatic heterocycles. The minimum absolute atomic E-state index is 0.0226. The summed E-state index contributed by atoms with van der Waals surface area (Å²) in [5, 5.41) is 3.31. The molecule has 1 unspecified atom stereocenters. The lowest BCUT2D eigenvalue weighted by Gasteiger charge is -2.23. The molecule has 1 heterocycles. The Morgan fingerprint density at radius 1 is 1.47 bits per heavy atom. The lowest BCUT2D eigenvalue weighted by Crippen LogP contribution is -2.45. The SMILES string of the molecule is COCCN(C)C(=O)C1CCCCCN1. The van der Waals surface area contributed by atoms with Crippen LogP contribution in [-0.4, -0.2) is 50.7 Å². The van der Waals surface area contributed by atoms with Gasteiger partial charge in [-0.15, -0.1) is 0 Å². The fourth-order valence-corrected chi connectivity index (χ4v) is 1.84. The Morgan fingerprint density at radius 2 is 2.27 bits per heavy atom. The fraction of sp³-hybridized carbons (Fsp3) is 0.909. The second kappa shape index (κ2) is 6.80. The third-order valence-corrected chi connectivity index (χ3v) is 2.87. The molecule has 0 saturated carbocycles. The summed E-state index contributed by atoms with van der Waals surface area (Å²) in [6.45, 7) is 2.25. The Morgan fingerprint density at radius 3 is 3.00 bits per heavy atom. The van der Waals surface area contributed by atoms with E-state index in [0.29, 0.717) is 13.2 Å². The number of hydrogen-bond acceptors (Lipinski definition) is 3. The molecule has 0 bridgehead atoms. The van der Waals surface area contributed by atoms with Crippen molar-refractivity contribution in [1.29, 1.82) is 0 Å². The van der Waals surface area contributed by atoms with Gasteiger partial charge >= 0.3 is 0 Å². The van der Waals surface area contributed by atoms with E-state index in [-0.39, 0.29) is 11.9 Å². The molecule has 1 saturated heterocycles. The first-order valence-corrected chi connectivity index (χ1v) is 5.73. The van der Waals surface area contributed by atoms with Crippen molar-refractivity contribution in [3.63, 3.8) is 0 Å². The van der Waals surface area contributed by atoms with Gasteiger partial charge in [0, 0.05) is 20.7 Å². The van der Waals surface area contributed by atoms with Gasteiger partial charge in [0.05, 0.1) is 12.6 Å². The summed E-state index contributed by atoms with van der Waals surface area (Å²) in [4.78, 5) is 13.7. The Labute approximate surface area is 92.0 Å². The summed E-state index contributed by atoms with van der Waals surface area (Å²) in [7, 11) is 3.50. The van der Waals surface area contributed by atoms with Crippen LogP contribution in [0.15, 0.2) is 0 Å². The third kappa shape index (κ3) is 4.18. The predicted molar refractivity (Wildman–Crippen MR) is 59.8 cm³/mol. The van der Waals surface area contributed by atoms with Crippen LogP contribution in [0.25, 0.3) is 0 Å². The second-order valence-electron chi connectivity index (χ2n) is 4.11. The zero-order valence-electron chi connectivity index (χ0n) is 9.79. The van der Waals surface area contributed by atoms with Crippen molar-refractivity contribution in [2.24, 2.45) is 0 Å². The number of hydrogen-bond donors (Lipinski definition) is 1. The zero-order chi connectivity index (χ0) is 11.1. The highest BCUT2D eigenvalue weighted by molar-refractivity contribution is 5.81. The summed E-state index contributed by atoms with van der Waals surface area (Å²) >= 11 is 0. The molecule has 15 heavy (non-hydrogen) atoms. The number of carbonyl (C=O) groups excluding carboxylic acids is 1. The molecule has 1 aliphatic rings. The third-order valence-electron chi connectivity index (χ3n) is 2.87. The van der Waals surface area contributed by atoms with Gasteiger partial charge in [-0.1, -0.05) is 12.8 Å². The maximum absolute atomic E-state index is 12.0. The largest absolute Gasteiger partial charge is 0.383 e. The van der Waals surface area contributed by atoms with Gasteiger partial charge in [0.15, 0.2) is 0 Å². The summed E-state index contributed by atoms with van der Waals surface area (Å²) in [5.41, 5.74) is 0. The topological polar surface area (TPSA) is 41.6 Å². The average molecular weight is 214 g/mol. The van der Waals surface area contributed by atoms with E-state index < -0.39 is 0 Å². The molecule has 0 aromatic carbocycles. The van der Waals surface area contributed by atoms with Gasteiger partial charge in [0.2, 0.25) is 5.91 Å². The van der Waals surface area contributed by atoms with E-state index in [4.69, 9.17) is 4.74 Å². The van der Waals surface area contributed by atoms with Crippen molar-refractivity contribution in [1.82, 2.24) is 10.2 Å². The molecule has 1 amide bonds. The van der Waals surface area contributed by atoms with E-state index in [2.05, 4.69) is 5.32 Å². The zero-order valence-corrected chi connectivity index (χ0v) is 9.79. The monoisotopic (exact) mass is 214 g/mol. The number of methoxy groups -OCH3 is 1. The van der Waals surface area contributed by atoms with Crippen LogP contribution in [0.5, 0.6) is 0 Å². The van der Waals surface area contributed by atoms with Gasteiger partial charge in [0.1, 0.15) is 0 Å². The first kappa shape index (κ1) is 12.5. The number of nitrogens with zero attached hydrogens (tertiary/aromatic N) is 1. The molecule has 1 fully saturated rings. The molecule has 1 atom stereocenters. The van der Waals surface area contributed by atoms with Crippen LogP contribution in [0.4, 0.5) is 0 Å². The van der Waals surface area contributed by atoms with E-state index in [1.54, 1.807) is 12.0 Å². The van der Waals surface area contributed by atoms with E-state index in [1.165, 1.54) is 12.8 Å². The first-order chi connectivity index (χ1) is 7.25. The maximum atomic E-state index is 12.0. The normalized spacial score (nSPS) is 22.1. The highest BCUT2D eigenvalue weighted by Crippen LogP contribution is 2.10. The molecule has 1 rings (SSSR count). The van der Waals surface area contributed by atoms with E-state index >= 15 is 0 Å². The van der Waals surface area contributed by atoms with Gasteiger partial charge in [0.25, 0.3) is 0 Å². The molecule has 88 valence electrons. The first-order valence-electron chi connectivity index (χ1n) is 5.73. The van der Waals surface area contributed by atoms with Crippen LogP contribution in [0.1, 0.15) is 25.7 Å². The molecule has 4 heteroatoms. The molecule has 0 spiro atoms. The number of ether oxygens (including phenoxy) is 1. The predicted octanol–water partition coefficient (Wildman–Crippen LogP) is 0.623. The Hall–Kier alpha value is -0.610. The smallest absolute Gasteiger partial charge is 0.239 e. The van der Waals surface area contributed by atoms with Crippen molar-refractivity contribution >= 4 is 5.91 Å². The number of carbonyl (C=O) groups is 1. The number of nitrogens with one attached hydrogen (secondary N) is 1. The Bertz CT molecular complexity index is 189. The number of rotatable bonds is 4. The van der Waals surface area contributed by atoms with Crippen LogP contribution < -0.4 is 5.32 Å². The highest BCUT2D eigenvalue weighted by atomic mass is 16.5. The fourth-order valence-electron chi connectivity index (χ4n) is 1.84. The summed E-state index contributed by atoms with van der Waals surface area (Å²) in [6.07, 6.45) is 4.54. The van der Waals surface area contributed by atoms with Crippen molar-refractivity contribution in [2.75, 3.05) is 33.9 Å². The van der Waals surface area contributed by atoms with Crippen LogP contribution in [0.3, 0.4) is 0 Å². The summed E-state index contributed by atoms with van der Waals surface area (Å²) in [5.74, 6) is 0.203. The van der Waals surface area contributed by atoms with Gasteiger partial charge in [-0.2, -0.15) is 0 Å². The quantitative estimate of drug-likeness (QED) is 0.746. The second-order valence-corrected chi connectivity index (χ2v) is 4.11. The van der Waals surface area contributed by atoms with Gasteiger partial charge < -0.3 is 15.0 Å². The van der Waals surface area contributed by atoms with Crippen LogP contribution >= 0.6 is 0 Å². The lowest BCUT2D eigenvalue weighted by molar-refractivity contribution is -0.132. The van der Waals surface area contributed by atoms with Crippen LogP contribution in [-0.2, 0) is 9.53 Å².